The first kappa shape index (κ1) is 13.7. The molecule has 1 unspecified atom stereocenters. The summed E-state index contributed by atoms with van der Waals surface area (Å²) >= 11 is 0. The van der Waals surface area contributed by atoms with E-state index in [4.69, 9.17) is 4.74 Å². The number of nitrogens with zero attached hydrogens (tertiary/aromatic N) is 1. The molecule has 1 amide bonds. The Kier molecular flexibility index (Phi) is 3.85. The molecule has 2 saturated carbocycles. The van der Waals surface area contributed by atoms with Crippen LogP contribution in [0.2, 0.25) is 0 Å². The minimum Gasteiger partial charge on any atom is -0.444 e. The van der Waals surface area contributed by atoms with Crippen LogP contribution in [-0.4, -0.2) is 40.4 Å². The summed E-state index contributed by atoms with van der Waals surface area (Å²) < 4.78 is 5.48. The second kappa shape index (κ2) is 5.08. The van der Waals surface area contributed by atoms with Gasteiger partial charge in [0.2, 0.25) is 0 Å². The number of carbonyl (C=O) groups excluding carboxylic acids is 1. The Morgan fingerprint density at radius 2 is 1.94 bits per heavy atom. The van der Waals surface area contributed by atoms with E-state index in [0.717, 1.165) is 25.7 Å². The van der Waals surface area contributed by atoms with Gasteiger partial charge in [-0.25, -0.2) is 4.79 Å². The van der Waals surface area contributed by atoms with Crippen molar-refractivity contribution >= 4 is 6.09 Å². The number of aliphatic hydroxyl groups excluding tert-OH is 1. The molecule has 1 atom stereocenters. The van der Waals surface area contributed by atoms with Gasteiger partial charge in [-0.3, -0.25) is 4.90 Å². The second-order valence-electron chi connectivity index (χ2n) is 6.56. The maximum Gasteiger partial charge on any atom is 0.410 e. The molecule has 0 aromatic heterocycles. The van der Waals surface area contributed by atoms with Crippen LogP contribution in [0.1, 0.15) is 52.9 Å². The minimum absolute atomic E-state index is 0.0406. The summed E-state index contributed by atoms with van der Waals surface area (Å²) in [6.07, 6.45) is 5.30. The Balaban J connectivity index is 2.04. The maximum atomic E-state index is 12.3. The molecule has 2 rings (SSSR count). The van der Waals surface area contributed by atoms with Gasteiger partial charge in [0.1, 0.15) is 5.60 Å². The predicted molar refractivity (Wildman–Crippen MR) is 69.3 cm³/mol. The third-order valence-corrected chi connectivity index (χ3v) is 3.78. The normalized spacial score (nSPS) is 22.2. The van der Waals surface area contributed by atoms with Crippen molar-refractivity contribution < 1.29 is 14.6 Å². The average Bonchev–Trinajstić information content (AvgIpc) is 2.94. The van der Waals surface area contributed by atoms with E-state index in [9.17, 15) is 9.90 Å². The van der Waals surface area contributed by atoms with Crippen LogP contribution in [0, 0.1) is 5.92 Å². The summed E-state index contributed by atoms with van der Waals surface area (Å²) in [6, 6.07) is 0.249. The zero-order chi connectivity index (χ0) is 13.3. The monoisotopic (exact) mass is 255 g/mol. The standard InChI is InChI=1S/C14H25NO3/c1-14(2,3)18-13(17)15(11-7-8-11)12(9-16)10-5-4-6-10/h10-12,16H,4-9H2,1-3H3. The number of rotatable bonds is 4. The largest absolute Gasteiger partial charge is 0.444 e. The summed E-state index contributed by atoms with van der Waals surface area (Å²) in [5.41, 5.74) is -0.468. The highest BCUT2D eigenvalue weighted by Crippen LogP contribution is 2.38. The fourth-order valence-electron chi connectivity index (χ4n) is 2.51. The van der Waals surface area contributed by atoms with Gasteiger partial charge < -0.3 is 9.84 Å². The predicted octanol–water partition coefficient (Wildman–Crippen LogP) is 2.55. The first-order chi connectivity index (χ1) is 8.42. The minimum atomic E-state index is -0.468. The first-order valence-corrected chi connectivity index (χ1v) is 7.04. The third-order valence-electron chi connectivity index (χ3n) is 3.78. The van der Waals surface area contributed by atoms with Crippen LogP contribution < -0.4 is 0 Å². The van der Waals surface area contributed by atoms with Crippen molar-refractivity contribution in [2.45, 2.75) is 70.6 Å². The SMILES string of the molecule is CC(C)(C)OC(=O)N(C1CC1)C(CO)C1CCC1. The van der Waals surface area contributed by atoms with Crippen molar-refractivity contribution in [3.05, 3.63) is 0 Å². The van der Waals surface area contributed by atoms with Crippen molar-refractivity contribution in [3.8, 4) is 0 Å². The molecule has 2 aliphatic rings. The van der Waals surface area contributed by atoms with E-state index in [0.29, 0.717) is 5.92 Å². The molecule has 0 bridgehead atoms. The smallest absolute Gasteiger partial charge is 0.410 e. The summed E-state index contributed by atoms with van der Waals surface area (Å²) in [5.74, 6) is 0.461. The fraction of sp³-hybridized carbons (Fsp3) is 0.929. The summed E-state index contributed by atoms with van der Waals surface area (Å²) in [7, 11) is 0. The molecule has 104 valence electrons. The number of carbonyl (C=O) groups is 1. The topological polar surface area (TPSA) is 49.8 Å². The molecular weight excluding hydrogens is 230 g/mol. The molecule has 0 radical (unpaired) electrons. The van der Waals surface area contributed by atoms with Gasteiger partial charge in [-0.05, 0) is 52.4 Å². The average molecular weight is 255 g/mol. The molecule has 2 aliphatic carbocycles. The Hall–Kier alpha value is -0.770. The molecule has 18 heavy (non-hydrogen) atoms. The Morgan fingerprint density at radius 1 is 1.33 bits per heavy atom. The molecule has 0 aromatic rings. The van der Waals surface area contributed by atoms with E-state index in [1.54, 1.807) is 0 Å². The molecule has 4 heteroatoms. The van der Waals surface area contributed by atoms with Crippen LogP contribution >= 0.6 is 0 Å². The summed E-state index contributed by atoms with van der Waals surface area (Å²) in [6.45, 7) is 5.70. The molecular formula is C14H25NO3. The van der Waals surface area contributed by atoms with E-state index in [-0.39, 0.29) is 24.8 Å². The van der Waals surface area contributed by atoms with Crippen molar-refractivity contribution in [1.29, 1.82) is 0 Å². The maximum absolute atomic E-state index is 12.3. The Morgan fingerprint density at radius 3 is 2.28 bits per heavy atom. The van der Waals surface area contributed by atoms with Gasteiger partial charge in [0.15, 0.2) is 0 Å². The van der Waals surface area contributed by atoms with Crippen molar-refractivity contribution in [2.75, 3.05) is 6.61 Å². The highest BCUT2D eigenvalue weighted by molar-refractivity contribution is 5.69. The molecule has 0 heterocycles. The van der Waals surface area contributed by atoms with Gasteiger partial charge in [-0.2, -0.15) is 0 Å². The lowest BCUT2D eigenvalue weighted by Gasteiger charge is -2.40. The van der Waals surface area contributed by atoms with Crippen molar-refractivity contribution in [3.63, 3.8) is 0 Å². The highest BCUT2D eigenvalue weighted by Gasteiger charge is 2.43. The van der Waals surface area contributed by atoms with Crippen LogP contribution in [0.3, 0.4) is 0 Å². The van der Waals surface area contributed by atoms with Gasteiger partial charge in [0, 0.05) is 6.04 Å². The van der Waals surface area contributed by atoms with Crippen molar-refractivity contribution in [2.24, 2.45) is 5.92 Å². The third kappa shape index (κ3) is 3.16. The van der Waals surface area contributed by atoms with Crippen LogP contribution in [0.25, 0.3) is 0 Å². The lowest BCUT2D eigenvalue weighted by Crippen LogP contribution is -2.51. The second-order valence-corrected chi connectivity index (χ2v) is 6.56. The lowest BCUT2D eigenvalue weighted by atomic mass is 9.79. The molecule has 4 nitrogen and oxygen atoms in total. The zero-order valence-electron chi connectivity index (χ0n) is 11.7. The molecule has 0 aliphatic heterocycles. The van der Waals surface area contributed by atoms with Gasteiger partial charge in [0.25, 0.3) is 0 Å². The van der Waals surface area contributed by atoms with Crippen LogP contribution in [-0.2, 0) is 4.74 Å². The Labute approximate surface area is 109 Å². The fourth-order valence-corrected chi connectivity index (χ4v) is 2.51. The molecule has 0 spiro atoms. The van der Waals surface area contributed by atoms with Gasteiger partial charge in [0.05, 0.1) is 12.6 Å². The zero-order valence-corrected chi connectivity index (χ0v) is 11.7. The van der Waals surface area contributed by atoms with Gasteiger partial charge >= 0.3 is 6.09 Å². The van der Waals surface area contributed by atoms with Gasteiger partial charge in [-0.1, -0.05) is 6.42 Å². The quantitative estimate of drug-likeness (QED) is 0.840. The van der Waals surface area contributed by atoms with E-state index >= 15 is 0 Å². The number of hydrogen-bond donors (Lipinski definition) is 1. The number of aliphatic hydroxyl groups is 1. The lowest BCUT2D eigenvalue weighted by molar-refractivity contribution is -0.0111. The molecule has 0 saturated heterocycles. The number of hydrogen-bond acceptors (Lipinski definition) is 3. The molecule has 2 fully saturated rings. The van der Waals surface area contributed by atoms with E-state index in [1.165, 1.54) is 6.42 Å². The number of ether oxygens (including phenoxy) is 1. The Bertz CT molecular complexity index is 303. The van der Waals surface area contributed by atoms with E-state index in [2.05, 4.69) is 0 Å². The van der Waals surface area contributed by atoms with Crippen LogP contribution in [0.15, 0.2) is 0 Å². The van der Waals surface area contributed by atoms with Crippen LogP contribution in [0.5, 0.6) is 0 Å². The van der Waals surface area contributed by atoms with Crippen molar-refractivity contribution in [1.82, 2.24) is 4.90 Å². The van der Waals surface area contributed by atoms with E-state index < -0.39 is 5.60 Å². The first-order valence-electron chi connectivity index (χ1n) is 7.04. The van der Waals surface area contributed by atoms with E-state index in [1.807, 2.05) is 25.7 Å². The molecule has 1 N–H and O–H groups in total. The van der Waals surface area contributed by atoms with Gasteiger partial charge in [-0.15, -0.1) is 0 Å². The summed E-state index contributed by atoms with van der Waals surface area (Å²) in [5, 5.41) is 9.61. The van der Waals surface area contributed by atoms with Crippen LogP contribution in [0.4, 0.5) is 4.79 Å². The molecule has 0 aromatic carbocycles. The number of amides is 1. The highest BCUT2D eigenvalue weighted by atomic mass is 16.6. The summed E-state index contributed by atoms with van der Waals surface area (Å²) in [4.78, 5) is 14.1.